The van der Waals surface area contributed by atoms with Gasteiger partial charge in [0.2, 0.25) is 0 Å². The number of fused-ring (bicyclic) bond motifs is 2. The quantitative estimate of drug-likeness (QED) is 0.677. The molecule has 128 valence electrons. The molecule has 0 amide bonds. The first kappa shape index (κ1) is 18.2. The molecule has 2 heterocycles. The molecule has 2 fully saturated rings. The molecule has 0 saturated carbocycles. The summed E-state index contributed by atoms with van der Waals surface area (Å²) in [7, 11) is 2.17. The van der Waals surface area contributed by atoms with Gasteiger partial charge < -0.3 is 14.7 Å². The lowest BCUT2D eigenvalue weighted by molar-refractivity contribution is -0.155. The molecule has 4 nitrogen and oxygen atoms in total. The Hall–Kier alpha value is -1.10. The molecule has 1 aromatic rings. The molecule has 5 heteroatoms. The van der Waals surface area contributed by atoms with Gasteiger partial charge in [-0.3, -0.25) is 4.79 Å². The van der Waals surface area contributed by atoms with E-state index in [0.29, 0.717) is 12.1 Å². The van der Waals surface area contributed by atoms with Crippen LogP contribution in [0.3, 0.4) is 0 Å². The zero-order chi connectivity index (χ0) is 16.8. The van der Waals surface area contributed by atoms with Crippen molar-refractivity contribution in [1.82, 2.24) is 4.90 Å². The van der Waals surface area contributed by atoms with Gasteiger partial charge in [0, 0.05) is 18.5 Å². The van der Waals surface area contributed by atoms with E-state index in [0.717, 1.165) is 18.4 Å². The molecule has 0 aromatic heterocycles. The summed E-state index contributed by atoms with van der Waals surface area (Å²) in [5.74, 6) is -0.860. The van der Waals surface area contributed by atoms with E-state index in [9.17, 15) is 9.90 Å². The van der Waals surface area contributed by atoms with Crippen molar-refractivity contribution in [2.24, 2.45) is 0 Å². The van der Waals surface area contributed by atoms with Gasteiger partial charge in [-0.1, -0.05) is 30.3 Å². The number of benzene rings is 1. The van der Waals surface area contributed by atoms with Gasteiger partial charge in [0.1, 0.15) is 12.0 Å². The summed E-state index contributed by atoms with van der Waals surface area (Å²) >= 11 is 4.64. The summed E-state index contributed by atoms with van der Waals surface area (Å²) in [4.78, 5) is 14.8. The van der Waals surface area contributed by atoms with Crippen LogP contribution in [-0.2, 0) is 9.53 Å². The lowest BCUT2D eigenvalue weighted by atomic mass is 9.98. The molecule has 3 rings (SSSR count). The summed E-state index contributed by atoms with van der Waals surface area (Å²) in [6, 6.07) is 10.5. The molecule has 0 spiro atoms. The van der Waals surface area contributed by atoms with Gasteiger partial charge in [-0.15, -0.1) is 11.6 Å². The SMILES string of the molecule is CCl.CN1C2CCC1CC(OC(=O)C(CO)c1ccccc1)C2. The maximum Gasteiger partial charge on any atom is 0.316 e. The number of rotatable bonds is 4. The highest BCUT2D eigenvalue weighted by Crippen LogP contribution is 2.36. The fraction of sp³-hybridized carbons (Fsp3) is 0.611. The van der Waals surface area contributed by atoms with Crippen LogP contribution in [0.15, 0.2) is 30.3 Å². The molecule has 0 radical (unpaired) electrons. The first-order valence-electron chi connectivity index (χ1n) is 8.15. The molecule has 0 aliphatic carbocycles. The van der Waals surface area contributed by atoms with Crippen LogP contribution in [0.1, 0.15) is 37.2 Å². The molecular weight excluding hydrogens is 314 g/mol. The van der Waals surface area contributed by atoms with Crippen molar-refractivity contribution in [2.75, 3.05) is 20.0 Å². The Morgan fingerprint density at radius 2 is 1.83 bits per heavy atom. The smallest absolute Gasteiger partial charge is 0.316 e. The van der Waals surface area contributed by atoms with E-state index in [1.807, 2.05) is 30.3 Å². The van der Waals surface area contributed by atoms with Crippen LogP contribution >= 0.6 is 11.6 Å². The van der Waals surface area contributed by atoms with Crippen molar-refractivity contribution < 1.29 is 14.6 Å². The van der Waals surface area contributed by atoms with Gasteiger partial charge in [-0.05, 0) is 38.3 Å². The predicted octanol–water partition coefficient (Wildman–Crippen LogP) is 2.79. The molecule has 1 aromatic carbocycles. The molecular formula is C18H26ClNO3. The van der Waals surface area contributed by atoms with E-state index in [1.54, 1.807) is 0 Å². The van der Waals surface area contributed by atoms with Gasteiger partial charge in [0.15, 0.2) is 0 Å². The number of aliphatic hydroxyl groups is 1. The number of piperidine rings is 1. The molecule has 2 aliphatic rings. The number of hydrogen-bond acceptors (Lipinski definition) is 4. The molecule has 3 atom stereocenters. The van der Waals surface area contributed by atoms with Crippen LogP contribution in [0.25, 0.3) is 0 Å². The largest absolute Gasteiger partial charge is 0.462 e. The van der Waals surface area contributed by atoms with Gasteiger partial charge in [0.05, 0.1) is 6.61 Å². The van der Waals surface area contributed by atoms with Crippen LogP contribution in [-0.4, -0.2) is 54.2 Å². The molecule has 23 heavy (non-hydrogen) atoms. The summed E-state index contributed by atoms with van der Waals surface area (Å²) in [5.41, 5.74) is 0.820. The van der Waals surface area contributed by atoms with Gasteiger partial charge >= 0.3 is 5.97 Å². The topological polar surface area (TPSA) is 49.8 Å². The minimum Gasteiger partial charge on any atom is -0.462 e. The number of carbonyl (C=O) groups is 1. The Morgan fingerprint density at radius 1 is 1.26 bits per heavy atom. The first-order chi connectivity index (χ1) is 11.2. The monoisotopic (exact) mass is 339 g/mol. The third kappa shape index (κ3) is 4.25. The van der Waals surface area contributed by atoms with E-state index in [-0.39, 0.29) is 18.7 Å². The number of esters is 1. The Labute approximate surface area is 143 Å². The maximum atomic E-state index is 12.4. The summed E-state index contributed by atoms with van der Waals surface area (Å²) < 4.78 is 5.70. The van der Waals surface area contributed by atoms with Crippen LogP contribution in [0, 0.1) is 0 Å². The number of halogens is 1. The van der Waals surface area contributed by atoms with Crippen molar-refractivity contribution in [3.8, 4) is 0 Å². The average molecular weight is 340 g/mol. The number of nitrogens with zero attached hydrogens (tertiary/aromatic N) is 1. The van der Waals surface area contributed by atoms with Crippen molar-refractivity contribution in [1.29, 1.82) is 0 Å². The van der Waals surface area contributed by atoms with Crippen molar-refractivity contribution in [2.45, 2.75) is 49.8 Å². The molecule has 2 aliphatic heterocycles. The van der Waals surface area contributed by atoms with Crippen LogP contribution < -0.4 is 0 Å². The zero-order valence-electron chi connectivity index (χ0n) is 13.8. The minimum atomic E-state index is -0.566. The third-order valence-electron chi connectivity index (χ3n) is 5.01. The second-order valence-corrected chi connectivity index (χ2v) is 6.23. The van der Waals surface area contributed by atoms with E-state index in [4.69, 9.17) is 4.74 Å². The fourth-order valence-electron chi connectivity index (χ4n) is 3.71. The molecule has 1 N–H and O–H groups in total. The van der Waals surface area contributed by atoms with E-state index in [1.165, 1.54) is 19.2 Å². The molecule has 2 bridgehead atoms. The Balaban J connectivity index is 0.000000924. The summed E-state index contributed by atoms with van der Waals surface area (Å²) in [6.07, 6.45) is 5.73. The van der Waals surface area contributed by atoms with Crippen molar-refractivity contribution in [3.63, 3.8) is 0 Å². The lowest BCUT2D eigenvalue weighted by Gasteiger charge is -2.36. The normalized spacial score (nSPS) is 27.7. The van der Waals surface area contributed by atoms with E-state index < -0.39 is 5.92 Å². The standard InChI is InChI=1S/C17H23NO3.CH3Cl/c1-18-13-7-8-14(18)10-15(9-13)21-17(20)16(11-19)12-5-3-2-4-6-12;1-2/h2-6,13-16,19H,7-11H2,1H3;1H3. The minimum absolute atomic E-state index is 0.00367. The third-order valence-corrected chi connectivity index (χ3v) is 5.01. The number of ether oxygens (including phenoxy) is 1. The second kappa shape index (κ2) is 8.67. The number of carbonyl (C=O) groups excluding carboxylic acids is 1. The van der Waals surface area contributed by atoms with E-state index in [2.05, 4.69) is 23.5 Å². The first-order valence-corrected chi connectivity index (χ1v) is 8.90. The van der Waals surface area contributed by atoms with E-state index >= 15 is 0 Å². The fourth-order valence-corrected chi connectivity index (χ4v) is 3.71. The highest BCUT2D eigenvalue weighted by atomic mass is 35.5. The Morgan fingerprint density at radius 3 is 2.35 bits per heavy atom. The molecule has 3 unspecified atom stereocenters. The highest BCUT2D eigenvalue weighted by Gasteiger charge is 2.40. The van der Waals surface area contributed by atoms with Gasteiger partial charge in [0.25, 0.3) is 0 Å². The van der Waals surface area contributed by atoms with Gasteiger partial charge in [-0.25, -0.2) is 0 Å². The Kier molecular flexibility index (Phi) is 6.88. The van der Waals surface area contributed by atoms with Gasteiger partial charge in [-0.2, -0.15) is 0 Å². The summed E-state index contributed by atoms with van der Waals surface area (Å²) in [5, 5.41) is 9.53. The van der Waals surface area contributed by atoms with Crippen molar-refractivity contribution >= 4 is 17.6 Å². The summed E-state index contributed by atoms with van der Waals surface area (Å²) in [6.45, 7) is -0.206. The predicted molar refractivity (Wildman–Crippen MR) is 91.7 cm³/mol. The lowest BCUT2D eigenvalue weighted by Crippen LogP contribution is -2.43. The molecule has 2 saturated heterocycles. The Bertz CT molecular complexity index is 482. The average Bonchev–Trinajstić information content (AvgIpc) is 2.79. The number of hydrogen-bond donors (Lipinski definition) is 1. The highest BCUT2D eigenvalue weighted by molar-refractivity contribution is 6.15. The van der Waals surface area contributed by atoms with Crippen molar-refractivity contribution in [3.05, 3.63) is 35.9 Å². The van der Waals surface area contributed by atoms with Crippen LogP contribution in [0.2, 0.25) is 0 Å². The van der Waals surface area contributed by atoms with Crippen LogP contribution in [0.5, 0.6) is 0 Å². The maximum absolute atomic E-state index is 12.4. The second-order valence-electron chi connectivity index (χ2n) is 6.23. The van der Waals surface area contributed by atoms with Crippen LogP contribution in [0.4, 0.5) is 0 Å². The zero-order valence-corrected chi connectivity index (χ0v) is 14.6. The number of alkyl halides is 1. The number of aliphatic hydroxyl groups excluding tert-OH is 1.